The summed E-state index contributed by atoms with van der Waals surface area (Å²) in [4.78, 5) is 29.2. The second-order valence-electron chi connectivity index (χ2n) is 8.76. The van der Waals surface area contributed by atoms with Crippen LogP contribution >= 0.6 is 0 Å². The summed E-state index contributed by atoms with van der Waals surface area (Å²) in [5.41, 5.74) is 4.17. The van der Waals surface area contributed by atoms with E-state index in [1.54, 1.807) is 26.1 Å². The minimum atomic E-state index is -0.00604. The van der Waals surface area contributed by atoms with Gasteiger partial charge in [-0.05, 0) is 63.4 Å². The molecule has 6 heteroatoms. The highest BCUT2D eigenvalue weighted by Gasteiger charge is 2.28. The van der Waals surface area contributed by atoms with E-state index in [1.165, 1.54) is 5.56 Å². The number of aromatic nitrogens is 1. The third-order valence-electron chi connectivity index (χ3n) is 6.32. The summed E-state index contributed by atoms with van der Waals surface area (Å²) >= 11 is 0. The zero-order valence-electron chi connectivity index (χ0n) is 19.5. The average Bonchev–Trinajstić information content (AvgIpc) is 3.05. The molecule has 1 unspecified atom stereocenters. The first-order valence-electron chi connectivity index (χ1n) is 11.1. The maximum absolute atomic E-state index is 13.1. The molecular formula is C25H35N3O3. The molecule has 1 aromatic heterocycles. The lowest BCUT2D eigenvalue weighted by Gasteiger charge is -2.32. The van der Waals surface area contributed by atoms with Gasteiger partial charge < -0.3 is 14.2 Å². The molecular weight excluding hydrogens is 390 g/mol. The van der Waals surface area contributed by atoms with Gasteiger partial charge in [0.05, 0.1) is 19.6 Å². The second-order valence-corrected chi connectivity index (χ2v) is 8.76. The van der Waals surface area contributed by atoms with Gasteiger partial charge in [0.25, 0.3) is 0 Å². The highest BCUT2D eigenvalue weighted by atomic mass is 16.5. The number of hydrogen-bond acceptors (Lipinski definition) is 4. The van der Waals surface area contributed by atoms with Crippen LogP contribution in [0.3, 0.4) is 0 Å². The number of ether oxygens (including phenoxy) is 1. The Bertz CT molecular complexity index is 915. The summed E-state index contributed by atoms with van der Waals surface area (Å²) in [6, 6.07) is 10.1. The summed E-state index contributed by atoms with van der Waals surface area (Å²) in [6.45, 7) is 6.84. The molecule has 1 amide bonds. The van der Waals surface area contributed by atoms with Crippen molar-refractivity contribution in [2.75, 3.05) is 40.8 Å². The molecule has 2 aromatic rings. The fourth-order valence-electron chi connectivity index (χ4n) is 4.51. The van der Waals surface area contributed by atoms with Crippen molar-refractivity contribution in [1.29, 1.82) is 0 Å². The predicted molar refractivity (Wildman–Crippen MR) is 123 cm³/mol. The van der Waals surface area contributed by atoms with Crippen LogP contribution in [0.4, 0.5) is 0 Å². The first-order valence-corrected chi connectivity index (χ1v) is 11.1. The quantitative estimate of drug-likeness (QED) is 0.609. The maximum Gasteiger partial charge on any atom is 0.226 e. The summed E-state index contributed by atoms with van der Waals surface area (Å²) < 4.78 is 7.45. The minimum absolute atomic E-state index is 0.00604. The number of rotatable bonds is 8. The van der Waals surface area contributed by atoms with Crippen LogP contribution < -0.4 is 4.74 Å². The number of benzene rings is 1. The monoisotopic (exact) mass is 425 g/mol. The van der Waals surface area contributed by atoms with Gasteiger partial charge in [0, 0.05) is 44.1 Å². The van der Waals surface area contributed by atoms with E-state index in [0.29, 0.717) is 13.1 Å². The fourth-order valence-corrected chi connectivity index (χ4v) is 4.51. The molecule has 0 spiro atoms. The SMILES string of the molecule is COc1ccc(CCn2c(C)cc(C(=O)CN3CCCC(C(=O)N(C)C)C3)c2C)cc1. The van der Waals surface area contributed by atoms with Crippen LogP contribution in [-0.2, 0) is 17.8 Å². The minimum Gasteiger partial charge on any atom is -0.497 e. The molecule has 1 aliphatic rings. The van der Waals surface area contributed by atoms with Crippen molar-refractivity contribution in [2.45, 2.75) is 39.7 Å². The van der Waals surface area contributed by atoms with E-state index >= 15 is 0 Å². The van der Waals surface area contributed by atoms with E-state index < -0.39 is 0 Å². The van der Waals surface area contributed by atoms with E-state index in [2.05, 4.69) is 28.5 Å². The fraction of sp³-hybridized carbons (Fsp3) is 0.520. The van der Waals surface area contributed by atoms with Gasteiger partial charge in [0.2, 0.25) is 5.91 Å². The van der Waals surface area contributed by atoms with Crippen LogP contribution in [0.25, 0.3) is 0 Å². The molecule has 0 saturated carbocycles. The average molecular weight is 426 g/mol. The van der Waals surface area contributed by atoms with Crippen LogP contribution in [-0.4, -0.2) is 66.9 Å². The second kappa shape index (κ2) is 10.1. The van der Waals surface area contributed by atoms with Crippen molar-refractivity contribution in [3.63, 3.8) is 0 Å². The van der Waals surface area contributed by atoms with Gasteiger partial charge in [0.1, 0.15) is 5.75 Å². The molecule has 6 nitrogen and oxygen atoms in total. The number of carbonyl (C=O) groups excluding carboxylic acids is 2. The van der Waals surface area contributed by atoms with Crippen LogP contribution in [0.15, 0.2) is 30.3 Å². The Morgan fingerprint density at radius 1 is 1.16 bits per heavy atom. The standard InChI is InChI=1S/C25H35N3O3/c1-18-15-23(19(2)28(18)14-12-20-8-10-22(31-5)11-9-20)24(29)17-27-13-6-7-21(16-27)25(30)26(3)4/h8-11,15,21H,6-7,12-14,16-17H2,1-5H3. The summed E-state index contributed by atoms with van der Waals surface area (Å²) in [5.74, 6) is 1.15. The number of nitrogens with zero attached hydrogens (tertiary/aromatic N) is 3. The first kappa shape index (κ1) is 23.1. The van der Waals surface area contributed by atoms with E-state index in [0.717, 1.165) is 55.1 Å². The van der Waals surface area contributed by atoms with E-state index in [9.17, 15) is 9.59 Å². The largest absolute Gasteiger partial charge is 0.497 e. The van der Waals surface area contributed by atoms with Crippen molar-refractivity contribution in [3.8, 4) is 5.75 Å². The molecule has 1 fully saturated rings. The molecule has 1 atom stereocenters. The molecule has 168 valence electrons. The van der Waals surface area contributed by atoms with Crippen molar-refractivity contribution >= 4 is 11.7 Å². The molecule has 1 aromatic carbocycles. The molecule has 2 heterocycles. The number of ketones is 1. The highest BCUT2D eigenvalue weighted by Crippen LogP contribution is 2.21. The Hall–Kier alpha value is -2.60. The Labute approximate surface area is 185 Å². The number of methoxy groups -OCH3 is 1. The van der Waals surface area contributed by atoms with Gasteiger partial charge in [-0.25, -0.2) is 0 Å². The normalized spacial score (nSPS) is 16.9. The summed E-state index contributed by atoms with van der Waals surface area (Å²) in [6.07, 6.45) is 2.76. The van der Waals surface area contributed by atoms with Crippen molar-refractivity contribution in [1.82, 2.24) is 14.4 Å². The molecule has 1 aliphatic heterocycles. The van der Waals surface area contributed by atoms with Gasteiger partial charge in [0.15, 0.2) is 5.78 Å². The topological polar surface area (TPSA) is 54.8 Å². The molecule has 1 saturated heterocycles. The number of amides is 1. The highest BCUT2D eigenvalue weighted by molar-refractivity contribution is 5.99. The number of aryl methyl sites for hydroxylation is 2. The number of hydrogen-bond donors (Lipinski definition) is 0. The van der Waals surface area contributed by atoms with Gasteiger partial charge in [-0.1, -0.05) is 12.1 Å². The number of piperidine rings is 1. The molecule has 0 N–H and O–H groups in total. The molecule has 3 rings (SSSR count). The van der Waals surface area contributed by atoms with Crippen LogP contribution in [0, 0.1) is 19.8 Å². The van der Waals surface area contributed by atoms with Gasteiger partial charge in [-0.2, -0.15) is 0 Å². The Morgan fingerprint density at radius 2 is 1.87 bits per heavy atom. The van der Waals surface area contributed by atoms with Crippen molar-refractivity contribution in [2.24, 2.45) is 5.92 Å². The molecule has 0 aliphatic carbocycles. The number of likely N-dealkylation sites (tertiary alicyclic amines) is 1. The lowest BCUT2D eigenvalue weighted by Crippen LogP contribution is -2.44. The third kappa shape index (κ3) is 5.56. The number of Topliss-reactive ketones (excluding diaryl/α,β-unsaturated/α-hetero) is 1. The van der Waals surface area contributed by atoms with Gasteiger partial charge >= 0.3 is 0 Å². The number of carbonyl (C=O) groups is 2. The van der Waals surface area contributed by atoms with Crippen LogP contribution in [0.1, 0.15) is 40.2 Å². The smallest absolute Gasteiger partial charge is 0.226 e. The zero-order chi connectivity index (χ0) is 22.5. The predicted octanol–water partition coefficient (Wildman–Crippen LogP) is 3.34. The van der Waals surface area contributed by atoms with Gasteiger partial charge in [-0.3, -0.25) is 14.5 Å². The molecule has 0 bridgehead atoms. The van der Waals surface area contributed by atoms with Crippen LogP contribution in [0.5, 0.6) is 5.75 Å². The van der Waals surface area contributed by atoms with E-state index in [1.807, 2.05) is 25.1 Å². The van der Waals surface area contributed by atoms with Crippen LogP contribution in [0.2, 0.25) is 0 Å². The summed E-state index contributed by atoms with van der Waals surface area (Å²) in [7, 11) is 5.27. The third-order valence-corrected chi connectivity index (χ3v) is 6.32. The lowest BCUT2D eigenvalue weighted by molar-refractivity contribution is -0.134. The lowest BCUT2D eigenvalue weighted by atomic mass is 9.96. The van der Waals surface area contributed by atoms with Crippen molar-refractivity contribution < 1.29 is 14.3 Å². The Morgan fingerprint density at radius 3 is 2.52 bits per heavy atom. The Balaban J connectivity index is 1.63. The Kier molecular flexibility index (Phi) is 7.55. The molecule has 0 radical (unpaired) electrons. The van der Waals surface area contributed by atoms with E-state index in [4.69, 9.17) is 4.74 Å². The zero-order valence-corrected chi connectivity index (χ0v) is 19.5. The van der Waals surface area contributed by atoms with Crippen molar-refractivity contribution in [3.05, 3.63) is 52.8 Å². The first-order chi connectivity index (χ1) is 14.8. The molecule has 31 heavy (non-hydrogen) atoms. The van der Waals surface area contributed by atoms with E-state index in [-0.39, 0.29) is 17.6 Å². The summed E-state index contributed by atoms with van der Waals surface area (Å²) in [5, 5.41) is 0. The van der Waals surface area contributed by atoms with Gasteiger partial charge in [-0.15, -0.1) is 0 Å². The maximum atomic E-state index is 13.1.